The highest BCUT2D eigenvalue weighted by Gasteiger charge is 2.02. The van der Waals surface area contributed by atoms with Crippen molar-refractivity contribution < 1.29 is 4.42 Å². The first-order chi connectivity index (χ1) is 5.36. The van der Waals surface area contributed by atoms with Crippen LogP contribution < -0.4 is 0 Å². The number of aromatic amines is 1. The van der Waals surface area contributed by atoms with E-state index in [1.165, 1.54) is 0 Å². The predicted octanol–water partition coefficient (Wildman–Crippen LogP) is 2.43. The zero-order chi connectivity index (χ0) is 7.68. The summed E-state index contributed by atoms with van der Waals surface area (Å²) in [6.07, 6.45) is 5.12. The van der Waals surface area contributed by atoms with Gasteiger partial charge in [0.15, 0.2) is 4.67 Å². The molecular weight excluding hydrogens is 208 g/mol. The molecule has 0 aliphatic rings. The van der Waals surface area contributed by atoms with E-state index in [-0.39, 0.29) is 0 Å². The molecule has 2 aromatic heterocycles. The van der Waals surface area contributed by atoms with Gasteiger partial charge in [0.2, 0.25) is 0 Å². The van der Waals surface area contributed by atoms with Gasteiger partial charge in [-0.05, 0) is 15.9 Å². The Hall–Kier alpha value is -1.03. The lowest BCUT2D eigenvalue weighted by atomic mass is 10.3. The number of furan rings is 1. The third kappa shape index (κ3) is 1.21. The van der Waals surface area contributed by atoms with Gasteiger partial charge in [-0.3, -0.25) is 0 Å². The van der Waals surface area contributed by atoms with Crippen LogP contribution in [0.25, 0.3) is 11.4 Å². The summed E-state index contributed by atoms with van der Waals surface area (Å²) < 4.78 is 5.76. The molecule has 0 bridgehead atoms. The Balaban J connectivity index is 2.45. The molecule has 0 aliphatic heterocycles. The van der Waals surface area contributed by atoms with E-state index < -0.39 is 0 Å². The molecule has 0 atom stereocenters. The number of hydrogen-bond donors (Lipinski definition) is 1. The summed E-state index contributed by atoms with van der Waals surface area (Å²) >= 11 is 3.21. The number of hydrogen-bond acceptors (Lipinski definition) is 2. The van der Waals surface area contributed by atoms with Crippen molar-refractivity contribution in [2.24, 2.45) is 0 Å². The van der Waals surface area contributed by atoms with E-state index in [9.17, 15) is 0 Å². The molecule has 1 N–H and O–H groups in total. The Labute approximate surface area is 71.6 Å². The molecule has 0 radical (unpaired) electrons. The lowest BCUT2D eigenvalue weighted by Gasteiger charge is -1.84. The largest absolute Gasteiger partial charge is 0.457 e. The van der Waals surface area contributed by atoms with E-state index >= 15 is 0 Å². The fraction of sp³-hybridized carbons (Fsp3) is 0. The highest BCUT2D eigenvalue weighted by atomic mass is 79.9. The van der Waals surface area contributed by atoms with Crippen molar-refractivity contribution in [3.05, 3.63) is 29.4 Å². The van der Waals surface area contributed by atoms with Crippen molar-refractivity contribution in [3.8, 4) is 11.4 Å². The van der Waals surface area contributed by atoms with E-state index in [2.05, 4.69) is 25.9 Å². The Bertz CT molecular complexity index is 339. The van der Waals surface area contributed by atoms with Gasteiger partial charge in [-0.25, -0.2) is 4.98 Å². The standard InChI is InChI=1S/C7H5BrN2O/c8-6-3-5(4-11-6)7-9-1-2-10-7/h1-4H,(H,9,10). The first-order valence-corrected chi connectivity index (χ1v) is 3.89. The molecule has 0 spiro atoms. The average molecular weight is 213 g/mol. The van der Waals surface area contributed by atoms with Crippen LogP contribution in [0.3, 0.4) is 0 Å². The molecule has 2 rings (SSSR count). The van der Waals surface area contributed by atoms with Crippen LogP contribution in [0.2, 0.25) is 0 Å². The lowest BCUT2D eigenvalue weighted by molar-refractivity contribution is 0.541. The van der Waals surface area contributed by atoms with Crippen molar-refractivity contribution in [2.75, 3.05) is 0 Å². The molecule has 0 aliphatic carbocycles. The minimum Gasteiger partial charge on any atom is -0.457 e. The second-order valence-electron chi connectivity index (χ2n) is 2.08. The molecular formula is C7H5BrN2O. The summed E-state index contributed by atoms with van der Waals surface area (Å²) in [5.41, 5.74) is 0.946. The molecule has 0 aromatic carbocycles. The van der Waals surface area contributed by atoms with E-state index in [0.29, 0.717) is 4.67 Å². The number of H-pyrrole nitrogens is 1. The maximum atomic E-state index is 5.04. The molecule has 11 heavy (non-hydrogen) atoms. The first kappa shape index (κ1) is 6.67. The summed E-state index contributed by atoms with van der Waals surface area (Å²) in [4.78, 5) is 7.04. The molecule has 2 aromatic rings. The van der Waals surface area contributed by atoms with E-state index in [0.717, 1.165) is 11.4 Å². The Morgan fingerprint density at radius 1 is 1.55 bits per heavy atom. The normalized spacial score (nSPS) is 10.3. The third-order valence-electron chi connectivity index (χ3n) is 1.34. The first-order valence-electron chi connectivity index (χ1n) is 3.10. The summed E-state index contributed by atoms with van der Waals surface area (Å²) in [7, 11) is 0. The molecule has 0 unspecified atom stereocenters. The van der Waals surface area contributed by atoms with Crippen molar-refractivity contribution in [1.29, 1.82) is 0 Å². The minimum atomic E-state index is 0.712. The van der Waals surface area contributed by atoms with Gasteiger partial charge < -0.3 is 9.40 Å². The fourth-order valence-electron chi connectivity index (χ4n) is 0.857. The summed E-state index contributed by atoms with van der Waals surface area (Å²) in [5.74, 6) is 0.819. The van der Waals surface area contributed by atoms with Gasteiger partial charge in [0.05, 0.1) is 5.56 Å². The van der Waals surface area contributed by atoms with Crippen LogP contribution in [0.4, 0.5) is 0 Å². The van der Waals surface area contributed by atoms with Gasteiger partial charge in [-0.2, -0.15) is 0 Å². The van der Waals surface area contributed by atoms with Crippen molar-refractivity contribution in [2.45, 2.75) is 0 Å². The fourth-order valence-corrected chi connectivity index (χ4v) is 1.20. The van der Waals surface area contributed by atoms with Crippen molar-refractivity contribution in [3.63, 3.8) is 0 Å². The monoisotopic (exact) mass is 212 g/mol. The summed E-state index contributed by atoms with van der Waals surface area (Å²) in [6, 6.07) is 1.86. The second-order valence-corrected chi connectivity index (χ2v) is 2.86. The number of halogens is 1. The van der Waals surface area contributed by atoms with Crippen LogP contribution in [-0.2, 0) is 0 Å². The van der Waals surface area contributed by atoms with Crippen LogP contribution in [0.5, 0.6) is 0 Å². The van der Waals surface area contributed by atoms with Gasteiger partial charge in [0.25, 0.3) is 0 Å². The molecule has 2 heterocycles. The smallest absolute Gasteiger partial charge is 0.169 e. The second kappa shape index (κ2) is 2.54. The lowest BCUT2D eigenvalue weighted by Crippen LogP contribution is -1.73. The third-order valence-corrected chi connectivity index (χ3v) is 1.75. The number of aromatic nitrogens is 2. The number of imidazole rings is 1. The quantitative estimate of drug-likeness (QED) is 0.790. The molecule has 3 nitrogen and oxygen atoms in total. The van der Waals surface area contributed by atoms with Crippen molar-refractivity contribution >= 4 is 15.9 Å². The predicted molar refractivity (Wildman–Crippen MR) is 44.0 cm³/mol. The van der Waals surface area contributed by atoms with Crippen molar-refractivity contribution in [1.82, 2.24) is 9.97 Å². The average Bonchev–Trinajstić information content (AvgIpc) is 2.55. The minimum absolute atomic E-state index is 0.712. The van der Waals surface area contributed by atoms with Gasteiger partial charge in [-0.1, -0.05) is 0 Å². The maximum Gasteiger partial charge on any atom is 0.169 e. The van der Waals surface area contributed by atoms with E-state index in [4.69, 9.17) is 4.42 Å². The zero-order valence-electron chi connectivity index (χ0n) is 5.54. The Morgan fingerprint density at radius 3 is 3.00 bits per heavy atom. The van der Waals surface area contributed by atoms with Crippen LogP contribution in [0, 0.1) is 0 Å². The van der Waals surface area contributed by atoms with Crippen LogP contribution in [-0.4, -0.2) is 9.97 Å². The Kier molecular flexibility index (Phi) is 1.54. The SMILES string of the molecule is Brc1cc(-c2ncc[nH]2)co1. The van der Waals surface area contributed by atoms with E-state index in [1.807, 2.05) is 6.07 Å². The molecule has 0 fully saturated rings. The zero-order valence-corrected chi connectivity index (χ0v) is 7.13. The molecule has 0 amide bonds. The highest BCUT2D eigenvalue weighted by Crippen LogP contribution is 2.21. The molecule has 56 valence electrons. The summed E-state index contributed by atoms with van der Waals surface area (Å²) in [6.45, 7) is 0. The molecule has 4 heteroatoms. The summed E-state index contributed by atoms with van der Waals surface area (Å²) in [5, 5.41) is 0. The topological polar surface area (TPSA) is 41.8 Å². The Morgan fingerprint density at radius 2 is 2.45 bits per heavy atom. The number of rotatable bonds is 1. The molecule has 0 saturated heterocycles. The van der Waals surface area contributed by atoms with Crippen LogP contribution in [0.15, 0.2) is 33.8 Å². The number of nitrogens with one attached hydrogen (secondary N) is 1. The van der Waals surface area contributed by atoms with Crippen LogP contribution in [0.1, 0.15) is 0 Å². The van der Waals surface area contributed by atoms with Gasteiger partial charge in [0.1, 0.15) is 12.1 Å². The van der Waals surface area contributed by atoms with Gasteiger partial charge in [-0.15, -0.1) is 0 Å². The van der Waals surface area contributed by atoms with E-state index in [1.54, 1.807) is 18.7 Å². The highest BCUT2D eigenvalue weighted by molar-refractivity contribution is 9.10. The van der Waals surface area contributed by atoms with Crippen LogP contribution >= 0.6 is 15.9 Å². The maximum absolute atomic E-state index is 5.04. The van der Waals surface area contributed by atoms with Gasteiger partial charge >= 0.3 is 0 Å². The molecule has 0 saturated carbocycles. The van der Waals surface area contributed by atoms with Gasteiger partial charge in [0, 0.05) is 18.5 Å². The number of nitrogens with zero attached hydrogens (tertiary/aromatic N) is 1.